The highest BCUT2D eigenvalue weighted by atomic mass is 32.2. The maximum absolute atomic E-state index is 12.4. The van der Waals surface area contributed by atoms with E-state index in [2.05, 4.69) is 40.2 Å². The summed E-state index contributed by atoms with van der Waals surface area (Å²) in [5.74, 6) is 0.726. The third-order valence-corrected chi connectivity index (χ3v) is 6.50. The number of hydrogen-bond donors (Lipinski definition) is 2. The van der Waals surface area contributed by atoms with Gasteiger partial charge in [0.1, 0.15) is 10.7 Å². The number of rotatable bonds is 7. The van der Waals surface area contributed by atoms with Crippen molar-refractivity contribution in [3.8, 4) is 0 Å². The topological polar surface area (TPSA) is 74.5 Å². The molecule has 2 aliphatic heterocycles. The lowest BCUT2D eigenvalue weighted by Gasteiger charge is -2.31. The Balaban J connectivity index is 1.65. The number of aromatic nitrogens is 1. The Hall–Kier alpha value is -2.25. The first-order chi connectivity index (χ1) is 14.6. The number of benzene rings is 1. The number of nitrogens with two attached hydrogens (primary N) is 1. The second-order valence-corrected chi connectivity index (χ2v) is 9.02. The predicted molar refractivity (Wildman–Crippen MR) is 125 cm³/mol. The Labute approximate surface area is 183 Å². The third kappa shape index (κ3) is 4.57. The molecule has 3 heterocycles. The van der Waals surface area contributed by atoms with E-state index in [0.29, 0.717) is 24.5 Å². The van der Waals surface area contributed by atoms with Crippen molar-refractivity contribution in [3.05, 3.63) is 41.0 Å². The van der Waals surface area contributed by atoms with Crippen LogP contribution in [0, 0.1) is 0 Å². The van der Waals surface area contributed by atoms with Crippen LogP contribution < -0.4 is 16.0 Å². The average molecular weight is 426 g/mol. The van der Waals surface area contributed by atoms with Gasteiger partial charge < -0.3 is 16.0 Å². The summed E-state index contributed by atoms with van der Waals surface area (Å²) in [5, 5.41) is 3.78. The molecule has 0 saturated carbocycles. The molecule has 1 aromatic carbocycles. The molecule has 1 amide bonds. The molecule has 0 aliphatic carbocycles. The van der Waals surface area contributed by atoms with Crippen LogP contribution in [0.2, 0.25) is 0 Å². The van der Waals surface area contributed by atoms with Crippen LogP contribution in [-0.4, -0.2) is 41.7 Å². The lowest BCUT2D eigenvalue weighted by Crippen LogP contribution is -2.39. The van der Waals surface area contributed by atoms with Crippen LogP contribution >= 0.6 is 11.8 Å². The zero-order valence-corrected chi connectivity index (χ0v) is 18.7. The number of carbonyl (C=O) groups is 1. The maximum Gasteiger partial charge on any atom is 0.244 e. The number of nitrogens with one attached hydrogen (secondary N) is 1. The summed E-state index contributed by atoms with van der Waals surface area (Å²) in [7, 11) is 0. The van der Waals surface area contributed by atoms with Crippen LogP contribution in [0.5, 0.6) is 0 Å². The highest BCUT2D eigenvalue weighted by Gasteiger charge is 2.27. The predicted octanol–water partition coefficient (Wildman–Crippen LogP) is 3.89. The molecule has 1 saturated heterocycles. The first-order valence-electron chi connectivity index (χ1n) is 10.8. The van der Waals surface area contributed by atoms with Gasteiger partial charge in [-0.25, -0.2) is 4.98 Å². The van der Waals surface area contributed by atoms with Gasteiger partial charge in [-0.05, 0) is 61.4 Å². The zero-order valence-electron chi connectivity index (χ0n) is 17.9. The molecule has 0 radical (unpaired) electrons. The van der Waals surface area contributed by atoms with Gasteiger partial charge in [0, 0.05) is 13.1 Å². The van der Waals surface area contributed by atoms with Crippen LogP contribution in [-0.2, 0) is 24.3 Å². The smallest absolute Gasteiger partial charge is 0.244 e. The van der Waals surface area contributed by atoms with Gasteiger partial charge in [-0.2, -0.15) is 0 Å². The van der Waals surface area contributed by atoms with E-state index in [0.717, 1.165) is 30.2 Å². The standard InChI is InChI=1S/C23H31N5OS/c1-3-6-17-8-7-16(13-27-9-4-5-10-27)11-18(17)14-28-15-20(29)25-22-19(24)12-21(30-2)26-23(22)28/h7-8,11-12H,3-6,9-10,13-15H2,1-2H3,(H2,24,26)(H,25,29). The molecule has 0 spiro atoms. The molecule has 1 fully saturated rings. The molecular weight excluding hydrogens is 394 g/mol. The summed E-state index contributed by atoms with van der Waals surface area (Å²) in [5.41, 5.74) is 11.4. The van der Waals surface area contributed by atoms with Gasteiger partial charge >= 0.3 is 0 Å². The fraction of sp³-hybridized carbons (Fsp3) is 0.478. The number of nitrogens with zero attached hydrogens (tertiary/aromatic N) is 3. The molecule has 6 nitrogen and oxygen atoms in total. The van der Waals surface area contributed by atoms with E-state index in [1.54, 1.807) is 11.8 Å². The van der Waals surface area contributed by atoms with Crippen molar-refractivity contribution in [3.63, 3.8) is 0 Å². The fourth-order valence-electron chi connectivity index (χ4n) is 4.39. The number of pyridine rings is 1. The van der Waals surface area contributed by atoms with Crippen molar-refractivity contribution in [1.82, 2.24) is 9.88 Å². The van der Waals surface area contributed by atoms with Crippen LogP contribution in [0.15, 0.2) is 29.3 Å². The third-order valence-electron chi connectivity index (χ3n) is 5.87. The Morgan fingerprint density at radius 2 is 1.97 bits per heavy atom. The largest absolute Gasteiger partial charge is 0.397 e. The Bertz CT molecular complexity index is 926. The van der Waals surface area contributed by atoms with Crippen molar-refractivity contribution in [2.75, 3.05) is 41.8 Å². The van der Waals surface area contributed by atoms with Crippen molar-refractivity contribution in [2.24, 2.45) is 0 Å². The molecule has 30 heavy (non-hydrogen) atoms. The van der Waals surface area contributed by atoms with E-state index < -0.39 is 0 Å². The molecule has 160 valence electrons. The molecule has 0 unspecified atom stereocenters. The van der Waals surface area contributed by atoms with Crippen LogP contribution in [0.3, 0.4) is 0 Å². The lowest BCUT2D eigenvalue weighted by molar-refractivity contribution is -0.115. The quantitative estimate of drug-likeness (QED) is 0.656. The van der Waals surface area contributed by atoms with Gasteiger partial charge in [-0.1, -0.05) is 31.5 Å². The summed E-state index contributed by atoms with van der Waals surface area (Å²) in [6.45, 7) is 6.53. The molecular formula is C23H31N5OS. The number of thioether (sulfide) groups is 1. The number of aryl methyl sites for hydroxylation is 1. The second-order valence-electron chi connectivity index (χ2n) is 8.19. The normalized spacial score (nSPS) is 16.6. The number of anilines is 3. The maximum atomic E-state index is 12.4. The number of amides is 1. The van der Waals surface area contributed by atoms with Gasteiger partial charge in [0.25, 0.3) is 0 Å². The van der Waals surface area contributed by atoms with Crippen LogP contribution in [0.4, 0.5) is 17.2 Å². The summed E-state index contributed by atoms with van der Waals surface area (Å²) < 4.78 is 0. The summed E-state index contributed by atoms with van der Waals surface area (Å²) in [4.78, 5) is 21.8. The van der Waals surface area contributed by atoms with Gasteiger partial charge in [-0.3, -0.25) is 9.69 Å². The summed E-state index contributed by atoms with van der Waals surface area (Å²) in [6, 6.07) is 8.70. The van der Waals surface area contributed by atoms with E-state index in [9.17, 15) is 4.79 Å². The Morgan fingerprint density at radius 3 is 2.70 bits per heavy atom. The molecule has 3 N–H and O–H groups in total. The van der Waals surface area contributed by atoms with Gasteiger partial charge in [-0.15, -0.1) is 11.8 Å². The number of likely N-dealkylation sites (tertiary alicyclic amines) is 1. The molecule has 0 atom stereocenters. The minimum absolute atomic E-state index is 0.0434. The molecule has 2 aromatic rings. The molecule has 0 bridgehead atoms. The molecule has 4 rings (SSSR count). The SMILES string of the molecule is CCCc1ccc(CN2CCCC2)cc1CN1CC(=O)Nc2c(N)cc(SC)nc21. The van der Waals surface area contributed by atoms with Crippen molar-refractivity contribution < 1.29 is 4.79 Å². The first-order valence-corrected chi connectivity index (χ1v) is 12.0. The van der Waals surface area contributed by atoms with E-state index in [1.807, 2.05) is 12.3 Å². The Morgan fingerprint density at radius 1 is 1.17 bits per heavy atom. The van der Waals surface area contributed by atoms with Gasteiger partial charge in [0.2, 0.25) is 5.91 Å². The molecule has 2 aliphatic rings. The van der Waals surface area contributed by atoms with E-state index in [-0.39, 0.29) is 5.91 Å². The zero-order chi connectivity index (χ0) is 21.1. The first kappa shape index (κ1) is 21.0. The lowest BCUT2D eigenvalue weighted by atomic mass is 9.99. The van der Waals surface area contributed by atoms with Crippen molar-refractivity contribution in [1.29, 1.82) is 0 Å². The van der Waals surface area contributed by atoms with Crippen LogP contribution in [0.1, 0.15) is 42.9 Å². The summed E-state index contributed by atoms with van der Waals surface area (Å²) in [6.07, 6.45) is 6.71. The summed E-state index contributed by atoms with van der Waals surface area (Å²) >= 11 is 1.56. The number of nitrogen functional groups attached to an aromatic ring is 1. The molecule has 7 heteroatoms. The van der Waals surface area contributed by atoms with Crippen molar-refractivity contribution >= 4 is 34.9 Å². The highest BCUT2D eigenvalue weighted by molar-refractivity contribution is 7.98. The van der Waals surface area contributed by atoms with E-state index in [1.165, 1.54) is 42.6 Å². The fourth-order valence-corrected chi connectivity index (χ4v) is 4.81. The minimum Gasteiger partial charge on any atom is -0.397 e. The average Bonchev–Trinajstić information content (AvgIpc) is 3.23. The van der Waals surface area contributed by atoms with E-state index in [4.69, 9.17) is 10.7 Å². The highest BCUT2D eigenvalue weighted by Crippen LogP contribution is 2.36. The van der Waals surface area contributed by atoms with Gasteiger partial charge in [0.05, 0.1) is 12.2 Å². The number of fused-ring (bicyclic) bond motifs is 1. The van der Waals surface area contributed by atoms with E-state index >= 15 is 0 Å². The van der Waals surface area contributed by atoms with Gasteiger partial charge in [0.15, 0.2) is 5.82 Å². The number of carbonyl (C=O) groups excluding carboxylic acids is 1. The Kier molecular flexibility index (Phi) is 6.49. The molecule has 1 aromatic heterocycles. The number of hydrogen-bond acceptors (Lipinski definition) is 6. The minimum atomic E-state index is -0.0434. The van der Waals surface area contributed by atoms with Crippen LogP contribution in [0.25, 0.3) is 0 Å². The van der Waals surface area contributed by atoms with Crippen molar-refractivity contribution in [2.45, 2.75) is 50.7 Å². The second kappa shape index (κ2) is 9.27. The monoisotopic (exact) mass is 425 g/mol.